The number of halogens is 2. The average Bonchev–Trinajstić information content (AvgIpc) is 2.66. The second kappa shape index (κ2) is 7.36. The fourth-order valence-electron chi connectivity index (χ4n) is 2.65. The van der Waals surface area contributed by atoms with Crippen LogP contribution in [0.1, 0.15) is 52.4 Å². The quantitative estimate of drug-likeness (QED) is 0.511. The van der Waals surface area contributed by atoms with Crippen molar-refractivity contribution in [1.29, 1.82) is 0 Å². The van der Waals surface area contributed by atoms with Crippen LogP contribution in [0.15, 0.2) is 22.7 Å². The monoisotopic (exact) mass is 416 g/mol. The Bertz CT molecular complexity index is 584. The molecule has 1 heterocycles. The van der Waals surface area contributed by atoms with Crippen LogP contribution in [0.4, 0.5) is 0 Å². The van der Waals surface area contributed by atoms with Crippen molar-refractivity contribution in [2.45, 2.75) is 58.1 Å². The number of carbonyl (C=O) groups is 1. The maximum Gasteiger partial charge on any atom is 0.466 e. The standard InChI is InChI=1S/C17H23BBrClO4/c1-6-22-14(21)10-11(15-12(19)8-7-9-13(15)20)18-23-16(2,3)17(4,5)24-18/h7-9,11H,6,10H2,1-5H3. The summed E-state index contributed by atoms with van der Waals surface area (Å²) in [5, 5.41) is 0.563. The zero-order chi connectivity index (χ0) is 18.1. The summed E-state index contributed by atoms with van der Waals surface area (Å²) >= 11 is 9.95. The van der Waals surface area contributed by atoms with Crippen LogP contribution in [0.5, 0.6) is 0 Å². The lowest BCUT2D eigenvalue weighted by atomic mass is 9.66. The van der Waals surface area contributed by atoms with E-state index in [0.717, 1.165) is 10.0 Å². The van der Waals surface area contributed by atoms with Crippen molar-refractivity contribution in [2.75, 3.05) is 6.61 Å². The Balaban J connectivity index is 2.40. The summed E-state index contributed by atoms with van der Waals surface area (Å²) < 4.78 is 18.3. The minimum absolute atomic E-state index is 0.132. The molecule has 1 aromatic carbocycles. The maximum atomic E-state index is 12.1. The molecule has 0 N–H and O–H groups in total. The second-order valence-corrected chi connectivity index (χ2v) is 8.14. The van der Waals surface area contributed by atoms with Gasteiger partial charge in [0.25, 0.3) is 0 Å². The molecule has 1 atom stereocenters. The number of esters is 1. The molecule has 1 aliphatic heterocycles. The van der Waals surface area contributed by atoms with Crippen LogP contribution in [0.25, 0.3) is 0 Å². The van der Waals surface area contributed by atoms with Gasteiger partial charge in [-0.2, -0.15) is 0 Å². The molecule has 24 heavy (non-hydrogen) atoms. The topological polar surface area (TPSA) is 44.8 Å². The van der Waals surface area contributed by atoms with Gasteiger partial charge in [-0.15, -0.1) is 0 Å². The fourth-order valence-corrected chi connectivity index (χ4v) is 3.74. The molecule has 0 bridgehead atoms. The lowest BCUT2D eigenvalue weighted by molar-refractivity contribution is -0.143. The molecular formula is C17H23BBrClO4. The van der Waals surface area contributed by atoms with E-state index in [4.69, 9.17) is 25.6 Å². The lowest BCUT2D eigenvalue weighted by Crippen LogP contribution is -2.41. The molecule has 4 nitrogen and oxygen atoms in total. The van der Waals surface area contributed by atoms with E-state index in [1.165, 1.54) is 0 Å². The Morgan fingerprint density at radius 3 is 2.38 bits per heavy atom. The molecule has 0 saturated carbocycles. The Labute approximate surface area is 157 Å². The normalized spacial score (nSPS) is 20.0. The lowest BCUT2D eigenvalue weighted by Gasteiger charge is -2.32. The number of carbonyl (C=O) groups excluding carboxylic acids is 1. The molecule has 0 spiro atoms. The van der Waals surface area contributed by atoms with Crippen LogP contribution >= 0.6 is 27.5 Å². The van der Waals surface area contributed by atoms with E-state index >= 15 is 0 Å². The van der Waals surface area contributed by atoms with Crippen molar-refractivity contribution in [2.24, 2.45) is 0 Å². The summed E-state index contributed by atoms with van der Waals surface area (Å²) in [6, 6.07) is 5.54. The van der Waals surface area contributed by atoms with Crippen molar-refractivity contribution in [3.8, 4) is 0 Å². The Hall–Kier alpha value is -0.555. The highest BCUT2D eigenvalue weighted by molar-refractivity contribution is 9.10. The zero-order valence-corrected chi connectivity index (χ0v) is 17.0. The van der Waals surface area contributed by atoms with Crippen LogP contribution in [-0.4, -0.2) is 30.9 Å². The predicted molar refractivity (Wildman–Crippen MR) is 99.2 cm³/mol. The summed E-state index contributed by atoms with van der Waals surface area (Å²) in [6.45, 7) is 10.0. The van der Waals surface area contributed by atoms with Crippen molar-refractivity contribution < 1.29 is 18.8 Å². The van der Waals surface area contributed by atoms with E-state index < -0.39 is 18.3 Å². The number of rotatable bonds is 5. The zero-order valence-electron chi connectivity index (χ0n) is 14.7. The third-order valence-electron chi connectivity index (χ3n) is 4.66. The van der Waals surface area contributed by atoms with Crippen LogP contribution in [0, 0.1) is 0 Å². The molecule has 0 aromatic heterocycles. The SMILES string of the molecule is CCOC(=O)CC(B1OC(C)(C)C(C)(C)O1)c1c(Cl)cccc1Br. The third kappa shape index (κ3) is 3.98. The van der Waals surface area contributed by atoms with E-state index in [1.54, 1.807) is 13.0 Å². The van der Waals surface area contributed by atoms with Gasteiger partial charge in [-0.3, -0.25) is 4.79 Å². The third-order valence-corrected chi connectivity index (χ3v) is 5.68. The Morgan fingerprint density at radius 1 is 1.29 bits per heavy atom. The number of benzene rings is 1. The molecule has 132 valence electrons. The van der Waals surface area contributed by atoms with Gasteiger partial charge in [0.2, 0.25) is 0 Å². The van der Waals surface area contributed by atoms with Gasteiger partial charge in [-0.05, 0) is 52.3 Å². The van der Waals surface area contributed by atoms with Crippen molar-refractivity contribution in [3.05, 3.63) is 33.3 Å². The van der Waals surface area contributed by atoms with Crippen LogP contribution in [-0.2, 0) is 18.8 Å². The molecule has 1 aromatic rings. The summed E-state index contributed by atoms with van der Waals surface area (Å²) in [6.07, 6.45) is 0.132. The first-order valence-corrected chi connectivity index (χ1v) is 9.21. The first kappa shape index (κ1) is 19.8. The van der Waals surface area contributed by atoms with Gasteiger partial charge in [0.15, 0.2) is 0 Å². The molecule has 0 amide bonds. The van der Waals surface area contributed by atoms with E-state index in [2.05, 4.69) is 15.9 Å². The summed E-state index contributed by atoms with van der Waals surface area (Å²) in [5.41, 5.74) is -0.179. The average molecular weight is 418 g/mol. The maximum absolute atomic E-state index is 12.1. The molecular weight excluding hydrogens is 394 g/mol. The molecule has 7 heteroatoms. The van der Waals surface area contributed by atoms with Gasteiger partial charge in [0.05, 0.1) is 24.2 Å². The van der Waals surface area contributed by atoms with E-state index in [0.29, 0.717) is 11.6 Å². The highest BCUT2D eigenvalue weighted by Crippen LogP contribution is 2.44. The summed E-state index contributed by atoms with van der Waals surface area (Å²) in [4.78, 5) is 12.1. The minimum Gasteiger partial charge on any atom is -0.466 e. The molecule has 1 aliphatic rings. The van der Waals surface area contributed by atoms with E-state index in [-0.39, 0.29) is 18.2 Å². The highest BCUT2D eigenvalue weighted by Gasteiger charge is 2.54. The molecule has 2 rings (SSSR count). The van der Waals surface area contributed by atoms with Gasteiger partial charge in [0, 0.05) is 15.3 Å². The first-order valence-electron chi connectivity index (χ1n) is 8.04. The molecule has 1 fully saturated rings. The fraction of sp³-hybridized carbons (Fsp3) is 0.588. The highest BCUT2D eigenvalue weighted by atomic mass is 79.9. The van der Waals surface area contributed by atoms with Gasteiger partial charge >= 0.3 is 13.1 Å². The summed E-state index contributed by atoms with van der Waals surface area (Å²) in [7, 11) is -0.587. The largest absolute Gasteiger partial charge is 0.466 e. The van der Waals surface area contributed by atoms with Gasteiger partial charge < -0.3 is 14.0 Å². The Morgan fingerprint density at radius 2 is 1.88 bits per heavy atom. The number of hydrogen-bond donors (Lipinski definition) is 0. The molecule has 1 unspecified atom stereocenters. The Kier molecular flexibility index (Phi) is 6.06. The number of hydrogen-bond acceptors (Lipinski definition) is 4. The van der Waals surface area contributed by atoms with Crippen LogP contribution in [0.2, 0.25) is 5.02 Å². The molecule has 1 saturated heterocycles. The van der Waals surface area contributed by atoms with E-state index in [1.807, 2.05) is 39.8 Å². The minimum atomic E-state index is -0.587. The van der Waals surface area contributed by atoms with Crippen LogP contribution < -0.4 is 0 Å². The van der Waals surface area contributed by atoms with Crippen molar-refractivity contribution >= 4 is 40.6 Å². The van der Waals surface area contributed by atoms with Crippen LogP contribution in [0.3, 0.4) is 0 Å². The van der Waals surface area contributed by atoms with Gasteiger partial charge in [-0.1, -0.05) is 33.6 Å². The second-order valence-electron chi connectivity index (χ2n) is 6.88. The van der Waals surface area contributed by atoms with Crippen molar-refractivity contribution in [3.63, 3.8) is 0 Å². The van der Waals surface area contributed by atoms with Gasteiger partial charge in [-0.25, -0.2) is 0 Å². The molecule has 0 radical (unpaired) electrons. The molecule has 0 aliphatic carbocycles. The summed E-state index contributed by atoms with van der Waals surface area (Å²) in [5.74, 6) is -0.669. The predicted octanol–water partition coefficient (Wildman–Crippen LogP) is 4.77. The van der Waals surface area contributed by atoms with Crippen molar-refractivity contribution in [1.82, 2.24) is 0 Å². The van der Waals surface area contributed by atoms with E-state index in [9.17, 15) is 4.79 Å². The first-order chi connectivity index (χ1) is 11.1. The number of ether oxygens (including phenoxy) is 1. The smallest absolute Gasteiger partial charge is 0.466 e. The van der Waals surface area contributed by atoms with Gasteiger partial charge in [0.1, 0.15) is 0 Å².